The van der Waals surface area contributed by atoms with Crippen LogP contribution in [-0.4, -0.2) is 53.1 Å². The fourth-order valence-corrected chi connectivity index (χ4v) is 4.97. The van der Waals surface area contributed by atoms with Crippen LogP contribution in [0.15, 0.2) is 47.4 Å². The molecule has 28 heavy (non-hydrogen) atoms. The van der Waals surface area contributed by atoms with Crippen molar-refractivity contribution in [3.8, 4) is 0 Å². The first-order valence-electron chi connectivity index (χ1n) is 8.79. The molecule has 1 aromatic heterocycles. The topological polar surface area (TPSA) is 79.6 Å². The molecule has 1 aliphatic rings. The molecule has 9 heteroatoms. The third-order valence-electron chi connectivity index (χ3n) is 4.76. The minimum Gasteiger partial charge on any atom is -0.345 e. The number of rotatable bonds is 4. The molecule has 0 atom stereocenters. The maximum absolute atomic E-state index is 12.8. The predicted molar refractivity (Wildman–Crippen MR) is 113 cm³/mol. The Kier molecular flexibility index (Phi) is 5.19. The van der Waals surface area contributed by atoms with Crippen molar-refractivity contribution in [1.82, 2.24) is 9.88 Å². The minimum absolute atomic E-state index is 0.144. The molecule has 0 saturated carbocycles. The number of nitrogens with zero attached hydrogens (tertiary/aromatic N) is 4. The van der Waals surface area contributed by atoms with Crippen LogP contribution in [0.1, 0.15) is 10.4 Å². The maximum atomic E-state index is 12.8. The van der Waals surface area contributed by atoms with Crippen molar-refractivity contribution in [3.63, 3.8) is 0 Å². The van der Waals surface area contributed by atoms with Crippen molar-refractivity contribution >= 4 is 50.0 Å². The summed E-state index contributed by atoms with van der Waals surface area (Å²) in [6.07, 6.45) is 2.04. The normalized spacial score (nSPS) is 14.5. The highest BCUT2D eigenvalue weighted by Crippen LogP contribution is 2.34. The van der Waals surface area contributed by atoms with Gasteiger partial charge in [-0.2, -0.15) is 0 Å². The van der Waals surface area contributed by atoms with E-state index in [-0.39, 0.29) is 17.2 Å². The molecule has 1 aliphatic heterocycles. The van der Waals surface area contributed by atoms with Gasteiger partial charge in [-0.15, -0.1) is 11.8 Å². The van der Waals surface area contributed by atoms with Gasteiger partial charge < -0.3 is 9.80 Å². The van der Waals surface area contributed by atoms with E-state index in [1.165, 1.54) is 12.1 Å². The largest absolute Gasteiger partial charge is 0.345 e. The van der Waals surface area contributed by atoms with Gasteiger partial charge in [0.2, 0.25) is 0 Å². The summed E-state index contributed by atoms with van der Waals surface area (Å²) in [7, 11) is 0. The van der Waals surface area contributed by atoms with Crippen LogP contribution < -0.4 is 4.90 Å². The van der Waals surface area contributed by atoms with Crippen molar-refractivity contribution in [1.29, 1.82) is 0 Å². The molecule has 144 valence electrons. The van der Waals surface area contributed by atoms with Crippen LogP contribution in [0.3, 0.4) is 0 Å². The first-order chi connectivity index (χ1) is 13.6. The third-order valence-corrected chi connectivity index (χ3v) is 6.61. The number of piperazine rings is 1. The van der Waals surface area contributed by atoms with Gasteiger partial charge in [-0.3, -0.25) is 14.9 Å². The van der Waals surface area contributed by atoms with Crippen molar-refractivity contribution in [3.05, 3.63) is 58.1 Å². The molecule has 1 amide bonds. The first-order valence-corrected chi connectivity index (χ1v) is 10.8. The molecular formula is C19H18N4O3S2. The molecule has 3 aromatic rings. The Balaban J connectivity index is 1.49. The number of thioether (sulfide) groups is 1. The fourth-order valence-electron chi connectivity index (χ4n) is 3.30. The second kappa shape index (κ2) is 7.76. The van der Waals surface area contributed by atoms with E-state index in [0.717, 1.165) is 20.2 Å². The average Bonchev–Trinajstić information content (AvgIpc) is 3.17. The molecule has 4 rings (SSSR count). The number of benzene rings is 2. The van der Waals surface area contributed by atoms with Gasteiger partial charge in [0.15, 0.2) is 5.13 Å². The number of hydrogen-bond acceptors (Lipinski definition) is 7. The second-order valence-electron chi connectivity index (χ2n) is 6.36. The molecule has 1 fully saturated rings. The number of carbonyl (C=O) groups is 1. The number of nitro benzene ring substituents is 1. The van der Waals surface area contributed by atoms with E-state index in [9.17, 15) is 14.9 Å². The molecule has 1 saturated heterocycles. The zero-order valence-electron chi connectivity index (χ0n) is 15.2. The third kappa shape index (κ3) is 3.43. The molecule has 0 bridgehead atoms. The number of hydrogen-bond donors (Lipinski definition) is 0. The monoisotopic (exact) mass is 414 g/mol. The van der Waals surface area contributed by atoms with Crippen molar-refractivity contribution < 1.29 is 9.72 Å². The number of para-hydroxylation sites is 2. The minimum atomic E-state index is -0.506. The summed E-state index contributed by atoms with van der Waals surface area (Å²) >= 11 is 3.34. The SMILES string of the molecule is CSc1cccc2sc(N3CCN(C(=O)c4ccccc4[N+](=O)[O-])CC3)nc12. The molecular weight excluding hydrogens is 396 g/mol. The summed E-state index contributed by atoms with van der Waals surface area (Å²) in [4.78, 5) is 33.3. The quantitative estimate of drug-likeness (QED) is 0.366. The maximum Gasteiger partial charge on any atom is 0.282 e. The smallest absolute Gasteiger partial charge is 0.282 e. The van der Waals surface area contributed by atoms with Crippen LogP contribution in [0.4, 0.5) is 10.8 Å². The Morgan fingerprint density at radius 2 is 1.89 bits per heavy atom. The fraction of sp³-hybridized carbons (Fsp3) is 0.263. The highest BCUT2D eigenvalue weighted by Gasteiger charge is 2.28. The van der Waals surface area contributed by atoms with Crippen LogP contribution in [0.5, 0.6) is 0 Å². The van der Waals surface area contributed by atoms with Crippen LogP contribution >= 0.6 is 23.1 Å². The molecule has 7 nitrogen and oxygen atoms in total. The van der Waals surface area contributed by atoms with Crippen molar-refractivity contribution in [2.45, 2.75) is 4.90 Å². The van der Waals surface area contributed by atoms with Gasteiger partial charge in [0, 0.05) is 37.1 Å². The lowest BCUT2D eigenvalue weighted by Gasteiger charge is -2.34. The number of fused-ring (bicyclic) bond motifs is 1. The molecule has 0 radical (unpaired) electrons. The summed E-state index contributed by atoms with van der Waals surface area (Å²) in [6, 6.07) is 12.3. The van der Waals surface area contributed by atoms with E-state index in [4.69, 9.17) is 4.98 Å². The molecule has 2 aromatic carbocycles. The van der Waals surface area contributed by atoms with Gasteiger partial charge in [-0.25, -0.2) is 4.98 Å². The van der Waals surface area contributed by atoms with Gasteiger partial charge >= 0.3 is 0 Å². The standard InChI is InChI=1S/C19H18N4O3S2/c1-27-15-7-4-8-16-17(15)20-19(28-16)22-11-9-21(10-12-22)18(24)13-5-2-3-6-14(13)23(25)26/h2-8H,9-12H2,1H3. The lowest BCUT2D eigenvalue weighted by molar-refractivity contribution is -0.385. The summed E-state index contributed by atoms with van der Waals surface area (Å²) < 4.78 is 1.15. The summed E-state index contributed by atoms with van der Waals surface area (Å²) in [5.41, 5.74) is 1.02. The highest BCUT2D eigenvalue weighted by molar-refractivity contribution is 7.98. The number of aromatic nitrogens is 1. The molecule has 0 spiro atoms. The number of thiazole rings is 1. The zero-order chi connectivity index (χ0) is 19.7. The number of anilines is 1. The average molecular weight is 415 g/mol. The van der Waals surface area contributed by atoms with Crippen LogP contribution in [-0.2, 0) is 0 Å². The predicted octanol–water partition coefficient (Wildman–Crippen LogP) is 3.89. The Bertz CT molecular complexity index is 1040. The number of nitro groups is 1. The summed E-state index contributed by atoms with van der Waals surface area (Å²) in [5, 5.41) is 12.2. The number of amides is 1. The lowest BCUT2D eigenvalue weighted by Crippen LogP contribution is -2.48. The summed E-state index contributed by atoms with van der Waals surface area (Å²) in [5.74, 6) is -0.291. The van der Waals surface area contributed by atoms with Gasteiger partial charge in [0.1, 0.15) is 5.56 Å². The molecule has 2 heterocycles. The zero-order valence-corrected chi connectivity index (χ0v) is 16.8. The van der Waals surface area contributed by atoms with E-state index in [0.29, 0.717) is 26.2 Å². The molecule has 0 aliphatic carbocycles. The van der Waals surface area contributed by atoms with E-state index in [1.807, 2.05) is 12.3 Å². The Hall–Kier alpha value is -2.65. The Morgan fingerprint density at radius 3 is 2.61 bits per heavy atom. The van der Waals surface area contributed by atoms with E-state index in [2.05, 4.69) is 17.0 Å². The van der Waals surface area contributed by atoms with E-state index >= 15 is 0 Å². The second-order valence-corrected chi connectivity index (χ2v) is 8.21. The van der Waals surface area contributed by atoms with Gasteiger partial charge in [-0.1, -0.05) is 29.5 Å². The van der Waals surface area contributed by atoms with Crippen LogP contribution in [0.2, 0.25) is 0 Å². The molecule has 0 unspecified atom stereocenters. The van der Waals surface area contributed by atoms with E-state index < -0.39 is 4.92 Å². The highest BCUT2D eigenvalue weighted by atomic mass is 32.2. The summed E-state index contributed by atoms with van der Waals surface area (Å²) in [6.45, 7) is 2.33. The van der Waals surface area contributed by atoms with Crippen molar-refractivity contribution in [2.75, 3.05) is 37.3 Å². The van der Waals surface area contributed by atoms with Gasteiger partial charge in [0.05, 0.1) is 15.1 Å². The van der Waals surface area contributed by atoms with Gasteiger partial charge in [-0.05, 0) is 24.5 Å². The van der Waals surface area contributed by atoms with Gasteiger partial charge in [0.25, 0.3) is 11.6 Å². The Morgan fingerprint density at radius 1 is 1.14 bits per heavy atom. The number of carbonyl (C=O) groups excluding carboxylic acids is 1. The van der Waals surface area contributed by atoms with Crippen LogP contribution in [0, 0.1) is 10.1 Å². The van der Waals surface area contributed by atoms with Crippen LogP contribution in [0.25, 0.3) is 10.2 Å². The first kappa shape index (κ1) is 18.7. The lowest BCUT2D eigenvalue weighted by atomic mass is 10.1. The van der Waals surface area contributed by atoms with Crippen molar-refractivity contribution in [2.24, 2.45) is 0 Å². The molecule has 0 N–H and O–H groups in total. The van der Waals surface area contributed by atoms with E-state index in [1.54, 1.807) is 40.1 Å². The Labute approximate surface area is 170 Å².